The second-order valence-corrected chi connectivity index (χ2v) is 12.0. The first-order chi connectivity index (χ1) is 21.2. The van der Waals surface area contributed by atoms with Crippen LogP contribution in [-0.4, -0.2) is 63.4 Å². The van der Waals surface area contributed by atoms with Crippen LogP contribution in [0.15, 0.2) is 48.8 Å². The molecule has 1 aromatic heterocycles. The topological polar surface area (TPSA) is 97.1 Å². The van der Waals surface area contributed by atoms with Gasteiger partial charge in [0.25, 0.3) is 0 Å². The van der Waals surface area contributed by atoms with Crippen LogP contribution >= 0.6 is 0 Å². The average Bonchev–Trinajstić information content (AvgIpc) is 3.72. The van der Waals surface area contributed by atoms with E-state index in [0.717, 1.165) is 37.1 Å². The molecule has 236 valence electrons. The highest BCUT2D eigenvalue weighted by Gasteiger charge is 2.47. The quantitative estimate of drug-likeness (QED) is 0.267. The number of anilines is 1. The highest BCUT2D eigenvalue weighted by molar-refractivity contribution is 5.95. The van der Waals surface area contributed by atoms with E-state index in [1.807, 2.05) is 45.8 Å². The second kappa shape index (κ2) is 13.8. The van der Waals surface area contributed by atoms with Crippen LogP contribution in [0, 0.1) is 18.7 Å². The molecule has 3 aromatic rings. The van der Waals surface area contributed by atoms with Crippen LogP contribution in [0.3, 0.4) is 0 Å². The molecule has 0 aliphatic carbocycles. The number of rotatable bonds is 13. The van der Waals surface area contributed by atoms with E-state index in [0.29, 0.717) is 42.1 Å². The highest BCUT2D eigenvalue weighted by Crippen LogP contribution is 2.43. The number of carbonyl (C=O) groups is 2. The number of ether oxygens (including phenoxy) is 2. The van der Waals surface area contributed by atoms with Gasteiger partial charge >= 0.3 is 5.97 Å². The second-order valence-electron chi connectivity index (χ2n) is 12.0. The lowest BCUT2D eigenvalue weighted by Gasteiger charge is -2.35. The van der Waals surface area contributed by atoms with E-state index in [9.17, 15) is 19.1 Å². The molecule has 10 heteroatoms. The van der Waals surface area contributed by atoms with Crippen molar-refractivity contribution in [3.63, 3.8) is 0 Å². The fourth-order valence-electron chi connectivity index (χ4n) is 6.90. The van der Waals surface area contributed by atoms with Crippen molar-refractivity contribution in [2.24, 2.45) is 13.0 Å². The molecule has 2 aliphatic heterocycles. The Morgan fingerprint density at radius 3 is 2.52 bits per heavy atom. The van der Waals surface area contributed by atoms with Crippen LogP contribution in [-0.2, 0) is 23.1 Å². The van der Waals surface area contributed by atoms with E-state index >= 15 is 0 Å². The Kier molecular flexibility index (Phi) is 9.88. The normalized spacial score (nSPS) is 19.5. The molecule has 9 nitrogen and oxygen atoms in total. The van der Waals surface area contributed by atoms with Crippen molar-refractivity contribution in [1.29, 1.82) is 0 Å². The lowest BCUT2D eigenvalue weighted by Crippen LogP contribution is -2.48. The zero-order valence-electron chi connectivity index (χ0n) is 26.0. The molecule has 0 unspecified atom stereocenters. The van der Waals surface area contributed by atoms with E-state index in [-0.39, 0.29) is 37.0 Å². The van der Waals surface area contributed by atoms with Crippen molar-refractivity contribution >= 4 is 17.6 Å². The molecule has 0 radical (unpaired) electrons. The van der Waals surface area contributed by atoms with E-state index in [1.54, 1.807) is 25.3 Å². The first-order valence-corrected chi connectivity index (χ1v) is 15.6. The van der Waals surface area contributed by atoms with E-state index < -0.39 is 17.9 Å². The molecule has 3 atom stereocenters. The average molecular weight is 607 g/mol. The summed E-state index contributed by atoms with van der Waals surface area (Å²) in [4.78, 5) is 35.7. The molecule has 1 amide bonds. The van der Waals surface area contributed by atoms with Gasteiger partial charge in [0.15, 0.2) is 11.5 Å². The standard InChI is InChI=1S/C34H43FN4O5/c1-5-7-24(8-6-2)39(25-10-11-27(35)22(3)17-25)32(40)20-38-19-26(23-9-13-29-30(18-23)44-21-43-29)33(34(41)42)28(38)12-14-31-36-15-16-37(31)4/h9-11,13,15-18,24,26,28,33H,5-8,12,14,19-21H2,1-4H3,(H,41,42)/t26-,28+,33-/m1/s1. The number of nitrogens with zero attached hydrogens (tertiary/aromatic N) is 4. The van der Waals surface area contributed by atoms with Gasteiger partial charge in [0.1, 0.15) is 11.6 Å². The number of aliphatic carboxylic acids is 1. The fraction of sp³-hybridized carbons (Fsp3) is 0.500. The number of fused-ring (bicyclic) bond motifs is 1. The molecule has 0 spiro atoms. The summed E-state index contributed by atoms with van der Waals surface area (Å²) in [7, 11) is 1.92. The Morgan fingerprint density at radius 1 is 1.11 bits per heavy atom. The minimum atomic E-state index is -0.895. The van der Waals surface area contributed by atoms with Gasteiger partial charge in [-0.15, -0.1) is 0 Å². The van der Waals surface area contributed by atoms with Gasteiger partial charge in [-0.3, -0.25) is 14.5 Å². The number of aromatic nitrogens is 2. The predicted molar refractivity (Wildman–Crippen MR) is 166 cm³/mol. The van der Waals surface area contributed by atoms with Gasteiger partial charge < -0.3 is 24.0 Å². The van der Waals surface area contributed by atoms with Gasteiger partial charge in [-0.05, 0) is 67.6 Å². The van der Waals surface area contributed by atoms with Gasteiger partial charge in [0.2, 0.25) is 12.7 Å². The van der Waals surface area contributed by atoms with Crippen LogP contribution in [0.2, 0.25) is 0 Å². The molecule has 5 rings (SSSR count). The zero-order chi connectivity index (χ0) is 31.4. The minimum Gasteiger partial charge on any atom is -0.481 e. The third-order valence-electron chi connectivity index (χ3n) is 9.08. The van der Waals surface area contributed by atoms with Gasteiger partial charge in [0.05, 0.1) is 12.5 Å². The maximum absolute atomic E-state index is 14.4. The molecule has 1 saturated heterocycles. The summed E-state index contributed by atoms with van der Waals surface area (Å²) >= 11 is 0. The molecule has 0 saturated carbocycles. The Hall–Kier alpha value is -3.92. The Morgan fingerprint density at radius 2 is 1.86 bits per heavy atom. The van der Waals surface area contributed by atoms with Crippen LogP contribution in [0.5, 0.6) is 11.5 Å². The number of hydrogen-bond donors (Lipinski definition) is 1. The van der Waals surface area contributed by atoms with Crippen LogP contribution in [0.4, 0.5) is 10.1 Å². The molecular formula is C34H43FN4O5. The maximum atomic E-state index is 14.4. The predicted octanol–water partition coefficient (Wildman–Crippen LogP) is 5.70. The number of benzene rings is 2. The number of aryl methyl sites for hydroxylation is 3. The number of imidazole rings is 1. The van der Waals surface area contributed by atoms with Crippen LogP contribution in [0.1, 0.15) is 68.8 Å². The smallest absolute Gasteiger partial charge is 0.308 e. The van der Waals surface area contributed by atoms with Crippen molar-refractivity contribution in [1.82, 2.24) is 14.5 Å². The summed E-state index contributed by atoms with van der Waals surface area (Å²) < 4.78 is 27.3. The van der Waals surface area contributed by atoms with Crippen molar-refractivity contribution in [2.75, 3.05) is 24.8 Å². The van der Waals surface area contributed by atoms with Crippen molar-refractivity contribution in [2.45, 2.75) is 77.3 Å². The van der Waals surface area contributed by atoms with Gasteiger partial charge in [0, 0.05) is 56.1 Å². The monoisotopic (exact) mass is 606 g/mol. The first-order valence-electron chi connectivity index (χ1n) is 15.6. The van der Waals surface area contributed by atoms with Crippen LogP contribution < -0.4 is 14.4 Å². The maximum Gasteiger partial charge on any atom is 0.308 e. The third kappa shape index (κ3) is 6.60. The van der Waals surface area contributed by atoms with Crippen LogP contribution in [0.25, 0.3) is 0 Å². The van der Waals surface area contributed by atoms with Gasteiger partial charge in [-0.2, -0.15) is 0 Å². The lowest BCUT2D eigenvalue weighted by atomic mass is 9.83. The summed E-state index contributed by atoms with van der Waals surface area (Å²) in [5, 5.41) is 10.6. The van der Waals surface area contributed by atoms with Gasteiger partial charge in [-0.1, -0.05) is 32.8 Å². The van der Waals surface area contributed by atoms with Crippen molar-refractivity contribution < 1.29 is 28.6 Å². The Balaban J connectivity index is 1.49. The molecule has 44 heavy (non-hydrogen) atoms. The number of likely N-dealkylation sites (tertiary alicyclic amines) is 1. The Bertz CT molecular complexity index is 1470. The van der Waals surface area contributed by atoms with Crippen molar-refractivity contribution in [3.8, 4) is 11.5 Å². The minimum absolute atomic E-state index is 0.0455. The highest BCUT2D eigenvalue weighted by atomic mass is 19.1. The molecular weight excluding hydrogens is 563 g/mol. The molecule has 2 aliphatic rings. The number of amides is 1. The zero-order valence-corrected chi connectivity index (χ0v) is 26.0. The molecule has 2 aromatic carbocycles. The summed E-state index contributed by atoms with van der Waals surface area (Å²) in [5.41, 5.74) is 2.00. The molecule has 0 bridgehead atoms. The van der Waals surface area contributed by atoms with E-state index in [4.69, 9.17) is 9.47 Å². The molecule has 3 heterocycles. The number of carboxylic acid groups (broad SMARTS) is 1. The summed E-state index contributed by atoms with van der Waals surface area (Å²) in [5.74, 6) is -0.314. The van der Waals surface area contributed by atoms with Crippen molar-refractivity contribution in [3.05, 3.63) is 71.6 Å². The van der Waals surface area contributed by atoms with Gasteiger partial charge in [-0.25, -0.2) is 9.37 Å². The lowest BCUT2D eigenvalue weighted by molar-refractivity contribution is -0.143. The SMILES string of the molecule is CCCC(CCC)N(C(=O)CN1C[C@H](c2ccc3c(c2)OCO3)[C@@H](C(=O)O)[C@@H]1CCc1nccn1C)c1ccc(F)c(C)c1. The number of carbonyl (C=O) groups excluding carboxylic acids is 1. The molecule has 1 fully saturated rings. The van der Waals surface area contributed by atoms with E-state index in [2.05, 4.69) is 18.8 Å². The summed E-state index contributed by atoms with van der Waals surface area (Å²) in [6, 6.07) is 9.98. The number of carboxylic acids is 1. The first kappa shape index (κ1) is 31.5. The fourth-order valence-corrected chi connectivity index (χ4v) is 6.90. The summed E-state index contributed by atoms with van der Waals surface area (Å²) in [6.07, 6.45) is 8.14. The van der Waals surface area contributed by atoms with E-state index in [1.165, 1.54) is 6.07 Å². The molecule has 1 N–H and O–H groups in total. The third-order valence-corrected chi connectivity index (χ3v) is 9.08. The number of hydrogen-bond acceptors (Lipinski definition) is 6. The largest absolute Gasteiger partial charge is 0.481 e. The Labute approximate surface area is 258 Å². The summed E-state index contributed by atoms with van der Waals surface area (Å²) in [6.45, 7) is 6.49. The number of halogens is 1.